The highest BCUT2D eigenvalue weighted by Crippen LogP contribution is 2.24. The molecule has 0 aliphatic carbocycles. The molecule has 1 saturated heterocycles. The molecule has 0 amide bonds. The number of benzene rings is 1. The van der Waals surface area contributed by atoms with Gasteiger partial charge in [0, 0.05) is 19.1 Å². The number of rotatable bonds is 6. The largest absolute Gasteiger partial charge is 0.390 e. The molecule has 3 atom stereocenters. The van der Waals surface area contributed by atoms with Crippen LogP contribution in [0.15, 0.2) is 42.7 Å². The standard InChI is InChI=1S/C17H22N4O4/c1-13-12-25-17(14-5-3-2-4-6-14)11-19(13)9-16(22)10-20-8-15(7-18-20)21(23)24/h2-8,13,16-17,22H,9-12H2,1H3/t13-,16+,17-/m1/s1. The van der Waals surface area contributed by atoms with E-state index in [2.05, 4.69) is 16.9 Å². The number of hydrogen-bond donors (Lipinski definition) is 1. The molecule has 0 bridgehead atoms. The highest BCUT2D eigenvalue weighted by molar-refractivity contribution is 5.20. The number of aromatic nitrogens is 2. The summed E-state index contributed by atoms with van der Waals surface area (Å²) in [7, 11) is 0. The van der Waals surface area contributed by atoms with E-state index in [1.807, 2.05) is 30.3 Å². The van der Waals surface area contributed by atoms with Gasteiger partial charge in [-0.25, -0.2) is 0 Å². The molecule has 1 aliphatic heterocycles. The van der Waals surface area contributed by atoms with Crippen molar-refractivity contribution in [2.75, 3.05) is 19.7 Å². The summed E-state index contributed by atoms with van der Waals surface area (Å²) in [5, 5.41) is 25.0. The van der Waals surface area contributed by atoms with Crippen molar-refractivity contribution in [3.63, 3.8) is 0 Å². The van der Waals surface area contributed by atoms with Crippen LogP contribution in [0.1, 0.15) is 18.6 Å². The van der Waals surface area contributed by atoms with E-state index in [4.69, 9.17) is 4.74 Å². The van der Waals surface area contributed by atoms with Crippen molar-refractivity contribution in [2.24, 2.45) is 0 Å². The van der Waals surface area contributed by atoms with Crippen LogP contribution >= 0.6 is 0 Å². The van der Waals surface area contributed by atoms with Gasteiger partial charge in [-0.2, -0.15) is 5.10 Å². The van der Waals surface area contributed by atoms with Crippen molar-refractivity contribution in [1.29, 1.82) is 0 Å². The van der Waals surface area contributed by atoms with Gasteiger partial charge in [-0.1, -0.05) is 30.3 Å². The number of ether oxygens (including phenoxy) is 1. The summed E-state index contributed by atoms with van der Waals surface area (Å²) in [5.41, 5.74) is 1.05. The summed E-state index contributed by atoms with van der Waals surface area (Å²) in [4.78, 5) is 12.4. The Hall–Kier alpha value is -2.29. The van der Waals surface area contributed by atoms with Gasteiger partial charge in [0.25, 0.3) is 0 Å². The molecule has 0 spiro atoms. The van der Waals surface area contributed by atoms with Crippen LogP contribution in [-0.4, -0.2) is 56.6 Å². The summed E-state index contributed by atoms with van der Waals surface area (Å²) < 4.78 is 7.33. The van der Waals surface area contributed by atoms with Crippen LogP contribution in [0.4, 0.5) is 5.69 Å². The average Bonchev–Trinajstić information content (AvgIpc) is 3.06. The van der Waals surface area contributed by atoms with Gasteiger partial charge >= 0.3 is 5.69 Å². The topological polar surface area (TPSA) is 93.7 Å². The molecule has 2 heterocycles. The molecule has 1 N–H and O–H groups in total. The molecule has 3 rings (SSSR count). The van der Waals surface area contributed by atoms with Crippen molar-refractivity contribution in [3.05, 3.63) is 58.4 Å². The van der Waals surface area contributed by atoms with Gasteiger partial charge in [-0.05, 0) is 12.5 Å². The van der Waals surface area contributed by atoms with Crippen LogP contribution in [0.5, 0.6) is 0 Å². The quantitative estimate of drug-likeness (QED) is 0.631. The van der Waals surface area contributed by atoms with Crippen LogP contribution in [0, 0.1) is 10.1 Å². The number of β-amino-alcohol motifs (C(OH)–C–C–N with tert-alkyl or cyclic N) is 1. The lowest BCUT2D eigenvalue weighted by Crippen LogP contribution is -2.48. The fraction of sp³-hybridized carbons (Fsp3) is 0.471. The maximum absolute atomic E-state index is 10.7. The third kappa shape index (κ3) is 4.41. The average molecular weight is 346 g/mol. The van der Waals surface area contributed by atoms with E-state index in [0.717, 1.165) is 5.56 Å². The fourth-order valence-electron chi connectivity index (χ4n) is 3.02. The van der Waals surface area contributed by atoms with Crippen LogP contribution in [-0.2, 0) is 11.3 Å². The Morgan fingerprint density at radius 3 is 2.84 bits per heavy atom. The van der Waals surface area contributed by atoms with E-state index >= 15 is 0 Å². The highest BCUT2D eigenvalue weighted by Gasteiger charge is 2.28. The number of nitrogens with zero attached hydrogens (tertiary/aromatic N) is 4. The van der Waals surface area contributed by atoms with Gasteiger partial charge < -0.3 is 9.84 Å². The van der Waals surface area contributed by atoms with E-state index in [0.29, 0.717) is 19.7 Å². The van der Waals surface area contributed by atoms with Gasteiger partial charge in [0.05, 0.1) is 30.3 Å². The zero-order chi connectivity index (χ0) is 17.8. The second-order valence-corrected chi connectivity index (χ2v) is 6.37. The van der Waals surface area contributed by atoms with Crippen LogP contribution in [0.2, 0.25) is 0 Å². The molecule has 0 unspecified atom stereocenters. The number of aliphatic hydroxyl groups is 1. The minimum absolute atomic E-state index is 0.0182. The zero-order valence-corrected chi connectivity index (χ0v) is 14.1. The summed E-state index contributed by atoms with van der Waals surface area (Å²) in [6.45, 7) is 4.03. The first-order chi connectivity index (χ1) is 12.0. The molecule has 2 aromatic rings. The maximum Gasteiger partial charge on any atom is 0.306 e. The molecule has 134 valence electrons. The molecular formula is C17H22N4O4. The summed E-state index contributed by atoms with van der Waals surface area (Å²) in [6, 6.07) is 10.2. The van der Waals surface area contributed by atoms with Gasteiger partial charge in [-0.15, -0.1) is 0 Å². The predicted molar refractivity (Wildman–Crippen MR) is 91.1 cm³/mol. The Labute approximate surface area is 145 Å². The first-order valence-corrected chi connectivity index (χ1v) is 8.28. The minimum Gasteiger partial charge on any atom is -0.390 e. The van der Waals surface area contributed by atoms with Gasteiger partial charge in [0.1, 0.15) is 12.4 Å². The lowest BCUT2D eigenvalue weighted by molar-refractivity contribution is -0.385. The SMILES string of the molecule is C[C@@H]1CO[C@@H](c2ccccc2)CN1C[C@H](O)Cn1cc([N+](=O)[O-])cn1. The van der Waals surface area contributed by atoms with Gasteiger partial charge in [0.2, 0.25) is 0 Å². The molecule has 8 nitrogen and oxygen atoms in total. The highest BCUT2D eigenvalue weighted by atomic mass is 16.6. The Balaban J connectivity index is 1.58. The molecule has 1 fully saturated rings. The summed E-state index contributed by atoms with van der Waals surface area (Å²) >= 11 is 0. The van der Waals surface area contributed by atoms with E-state index in [1.165, 1.54) is 17.1 Å². The van der Waals surface area contributed by atoms with Gasteiger partial charge in [0.15, 0.2) is 0 Å². The molecule has 0 saturated carbocycles. The molecule has 8 heteroatoms. The van der Waals surface area contributed by atoms with Crippen molar-refractivity contribution in [2.45, 2.75) is 31.7 Å². The monoisotopic (exact) mass is 346 g/mol. The molecule has 1 aromatic heterocycles. The Bertz CT molecular complexity index is 706. The minimum atomic E-state index is -0.670. The van der Waals surface area contributed by atoms with E-state index in [-0.39, 0.29) is 24.4 Å². The lowest BCUT2D eigenvalue weighted by Gasteiger charge is -2.39. The third-order valence-corrected chi connectivity index (χ3v) is 4.41. The zero-order valence-electron chi connectivity index (χ0n) is 14.1. The van der Waals surface area contributed by atoms with E-state index in [9.17, 15) is 15.2 Å². The number of morpholine rings is 1. The second-order valence-electron chi connectivity index (χ2n) is 6.37. The van der Waals surface area contributed by atoms with Crippen molar-refractivity contribution < 1.29 is 14.8 Å². The normalized spacial score (nSPS) is 22.6. The molecular weight excluding hydrogens is 324 g/mol. The second kappa shape index (κ2) is 7.73. The van der Waals surface area contributed by atoms with Crippen LogP contribution in [0.25, 0.3) is 0 Å². The molecule has 1 aliphatic rings. The number of aliphatic hydroxyl groups excluding tert-OH is 1. The van der Waals surface area contributed by atoms with Gasteiger partial charge in [-0.3, -0.25) is 19.7 Å². The first kappa shape index (κ1) is 17.5. The molecule has 0 radical (unpaired) electrons. The smallest absolute Gasteiger partial charge is 0.306 e. The fourth-order valence-corrected chi connectivity index (χ4v) is 3.02. The number of nitro groups is 1. The van der Waals surface area contributed by atoms with E-state index in [1.54, 1.807) is 0 Å². The first-order valence-electron chi connectivity index (χ1n) is 8.28. The molecule has 1 aromatic carbocycles. The van der Waals surface area contributed by atoms with Crippen LogP contribution < -0.4 is 0 Å². The van der Waals surface area contributed by atoms with Crippen molar-refractivity contribution in [1.82, 2.24) is 14.7 Å². The molecule has 25 heavy (non-hydrogen) atoms. The maximum atomic E-state index is 10.7. The van der Waals surface area contributed by atoms with E-state index < -0.39 is 11.0 Å². The number of hydrogen-bond acceptors (Lipinski definition) is 6. The summed E-state index contributed by atoms with van der Waals surface area (Å²) in [6.07, 6.45) is 1.83. The van der Waals surface area contributed by atoms with Crippen molar-refractivity contribution >= 4 is 5.69 Å². The Morgan fingerprint density at radius 1 is 1.40 bits per heavy atom. The van der Waals surface area contributed by atoms with Crippen LogP contribution in [0.3, 0.4) is 0 Å². The Morgan fingerprint density at radius 2 is 2.16 bits per heavy atom. The van der Waals surface area contributed by atoms with Crippen molar-refractivity contribution in [3.8, 4) is 0 Å². The lowest BCUT2D eigenvalue weighted by atomic mass is 10.1. The predicted octanol–water partition coefficient (Wildman–Crippen LogP) is 1.61. The summed E-state index contributed by atoms with van der Waals surface area (Å²) in [5.74, 6) is 0. The Kier molecular flexibility index (Phi) is 5.42. The third-order valence-electron chi connectivity index (χ3n) is 4.41.